The van der Waals surface area contributed by atoms with Crippen molar-refractivity contribution in [2.45, 2.75) is 19.3 Å². The third kappa shape index (κ3) is 4.34. The quantitative estimate of drug-likeness (QED) is 0.171. The molecule has 0 fully saturated rings. The van der Waals surface area contributed by atoms with Crippen LogP contribution in [0.4, 0.5) is 0 Å². The monoisotopic (exact) mass is 713 g/mol. The van der Waals surface area contributed by atoms with Gasteiger partial charge in [0, 0.05) is 32.5 Å². The van der Waals surface area contributed by atoms with Crippen LogP contribution in [0.15, 0.2) is 176 Å². The van der Waals surface area contributed by atoms with Crippen molar-refractivity contribution >= 4 is 65.0 Å². The van der Waals surface area contributed by atoms with E-state index in [0.717, 1.165) is 44.0 Å². The second-order valence-corrected chi connectivity index (χ2v) is 15.8. The molecular weight excluding hydrogens is 679 g/mol. The molecule has 11 aromatic rings. The first-order chi connectivity index (χ1) is 27.5. The van der Waals surface area contributed by atoms with Gasteiger partial charge >= 0.3 is 0 Å². The first-order valence-electron chi connectivity index (χ1n) is 19.4. The first-order valence-corrected chi connectivity index (χ1v) is 19.4. The molecule has 262 valence electrons. The maximum Gasteiger partial charge on any atom is 0.235 e. The minimum absolute atomic E-state index is 0.120. The molecule has 3 nitrogen and oxygen atoms in total. The van der Waals surface area contributed by atoms with Crippen LogP contribution in [-0.4, -0.2) is 14.5 Å². The number of aromatic nitrogens is 3. The molecule has 1 aliphatic rings. The lowest BCUT2D eigenvalue weighted by atomic mass is 9.81. The predicted molar refractivity (Wildman–Crippen MR) is 235 cm³/mol. The number of benzene rings is 9. The molecule has 0 spiro atoms. The van der Waals surface area contributed by atoms with E-state index in [1.54, 1.807) is 0 Å². The normalized spacial score (nSPS) is 13.3. The summed E-state index contributed by atoms with van der Waals surface area (Å²) < 4.78 is 2.33. The highest BCUT2D eigenvalue weighted by molar-refractivity contribution is 6.24. The van der Waals surface area contributed by atoms with Crippen LogP contribution in [0.3, 0.4) is 0 Å². The average molecular weight is 714 g/mol. The van der Waals surface area contributed by atoms with Gasteiger partial charge in [-0.2, -0.15) is 0 Å². The minimum atomic E-state index is -0.120. The van der Waals surface area contributed by atoms with Gasteiger partial charge in [-0.1, -0.05) is 159 Å². The van der Waals surface area contributed by atoms with Crippen molar-refractivity contribution in [2.75, 3.05) is 0 Å². The molecule has 0 atom stereocenters. The molecule has 3 heteroatoms. The van der Waals surface area contributed by atoms with Crippen molar-refractivity contribution in [2.24, 2.45) is 0 Å². The summed E-state index contributed by atoms with van der Waals surface area (Å²) in [7, 11) is 0. The van der Waals surface area contributed by atoms with Gasteiger partial charge in [-0.05, 0) is 90.6 Å². The van der Waals surface area contributed by atoms with E-state index in [1.165, 1.54) is 65.7 Å². The van der Waals surface area contributed by atoms with E-state index in [1.807, 2.05) is 0 Å². The third-order valence-electron chi connectivity index (χ3n) is 12.3. The van der Waals surface area contributed by atoms with Gasteiger partial charge in [-0.3, -0.25) is 4.57 Å². The predicted octanol–water partition coefficient (Wildman–Crippen LogP) is 13.8. The fourth-order valence-corrected chi connectivity index (χ4v) is 9.67. The minimum Gasteiger partial charge on any atom is -0.278 e. The van der Waals surface area contributed by atoms with E-state index in [4.69, 9.17) is 9.97 Å². The molecule has 1 aliphatic carbocycles. The van der Waals surface area contributed by atoms with Gasteiger partial charge in [0.15, 0.2) is 0 Å². The Hall–Kier alpha value is -7.10. The summed E-state index contributed by atoms with van der Waals surface area (Å²) in [4.78, 5) is 11.1. The summed E-state index contributed by atoms with van der Waals surface area (Å²) >= 11 is 0. The highest BCUT2D eigenvalue weighted by Crippen LogP contribution is 2.51. The van der Waals surface area contributed by atoms with Gasteiger partial charge < -0.3 is 0 Å². The molecule has 0 N–H and O–H groups in total. The lowest BCUT2D eigenvalue weighted by Crippen LogP contribution is -2.14. The summed E-state index contributed by atoms with van der Waals surface area (Å²) in [6, 6.07) is 64.1. The van der Waals surface area contributed by atoms with Crippen molar-refractivity contribution in [1.29, 1.82) is 0 Å². The molecule has 0 radical (unpaired) electrons. The molecule has 0 bridgehead atoms. The van der Waals surface area contributed by atoms with Crippen LogP contribution < -0.4 is 0 Å². The smallest absolute Gasteiger partial charge is 0.235 e. The fraction of sp³-hybridized carbons (Fsp3) is 0.0566. The van der Waals surface area contributed by atoms with Crippen LogP contribution in [0.5, 0.6) is 0 Å². The molecule has 9 aromatic carbocycles. The van der Waals surface area contributed by atoms with Gasteiger partial charge in [0.2, 0.25) is 5.95 Å². The zero-order valence-electron chi connectivity index (χ0n) is 31.1. The SMILES string of the molecule is CC1(C)c2ccccc2-c2ccc(-c3c4ccccc4cc4c3c3cc5ccccc5cc3n4-c3nc(-c4ccccc4)c4ccc5ccccc5c4n3)cc21. The molecule has 0 amide bonds. The molecule has 2 aromatic heterocycles. The molecule has 12 rings (SSSR count). The zero-order valence-corrected chi connectivity index (χ0v) is 31.1. The van der Waals surface area contributed by atoms with Crippen molar-refractivity contribution in [3.8, 4) is 39.5 Å². The standard InChI is InChI=1S/C53H35N3/c1-53(2)44-23-13-12-22-40(44)41-26-25-37(29-45(41)53)48-38-20-10-9-19-36(38)31-47-49(48)43-28-34-17-6-7-18-35(34)30-46(43)56(47)52-54-50(33-15-4-3-5-16-33)42-27-24-32-14-8-11-21-39(32)51(42)55-52/h3-31H,1-2H3. The Kier molecular flexibility index (Phi) is 6.40. The Morgan fingerprint density at radius 2 is 1.09 bits per heavy atom. The lowest BCUT2D eigenvalue weighted by molar-refractivity contribution is 0.660. The second-order valence-electron chi connectivity index (χ2n) is 15.8. The number of hydrogen-bond donors (Lipinski definition) is 0. The maximum atomic E-state index is 5.54. The highest BCUT2D eigenvalue weighted by atomic mass is 15.2. The van der Waals surface area contributed by atoms with E-state index in [0.29, 0.717) is 5.95 Å². The van der Waals surface area contributed by atoms with Crippen molar-refractivity contribution in [3.63, 3.8) is 0 Å². The van der Waals surface area contributed by atoms with E-state index in [-0.39, 0.29) is 5.41 Å². The fourth-order valence-electron chi connectivity index (χ4n) is 9.67. The molecule has 0 saturated heterocycles. The van der Waals surface area contributed by atoms with Crippen molar-refractivity contribution < 1.29 is 0 Å². The van der Waals surface area contributed by atoms with Crippen LogP contribution in [0, 0.1) is 0 Å². The summed E-state index contributed by atoms with van der Waals surface area (Å²) in [6.07, 6.45) is 0. The third-order valence-corrected chi connectivity index (χ3v) is 12.3. The average Bonchev–Trinajstić information content (AvgIpc) is 3.68. The number of nitrogens with zero attached hydrogens (tertiary/aromatic N) is 3. The van der Waals surface area contributed by atoms with Gasteiger partial charge in [0.25, 0.3) is 0 Å². The van der Waals surface area contributed by atoms with Crippen LogP contribution in [0.1, 0.15) is 25.0 Å². The molecular formula is C53H35N3. The molecule has 56 heavy (non-hydrogen) atoms. The number of fused-ring (bicyclic) bond motifs is 11. The van der Waals surface area contributed by atoms with Gasteiger partial charge in [-0.15, -0.1) is 0 Å². The van der Waals surface area contributed by atoms with Crippen molar-refractivity contribution in [1.82, 2.24) is 14.5 Å². The molecule has 2 heterocycles. The van der Waals surface area contributed by atoms with E-state index < -0.39 is 0 Å². The van der Waals surface area contributed by atoms with Crippen LogP contribution in [-0.2, 0) is 5.41 Å². The van der Waals surface area contributed by atoms with Crippen LogP contribution in [0.2, 0.25) is 0 Å². The Balaban J connectivity index is 1.25. The second kappa shape index (κ2) is 11.5. The van der Waals surface area contributed by atoms with Gasteiger partial charge in [0.1, 0.15) is 0 Å². The van der Waals surface area contributed by atoms with Crippen LogP contribution in [0.25, 0.3) is 104 Å². The first kappa shape index (κ1) is 31.3. The van der Waals surface area contributed by atoms with E-state index >= 15 is 0 Å². The largest absolute Gasteiger partial charge is 0.278 e. The number of hydrogen-bond acceptors (Lipinski definition) is 2. The zero-order chi connectivity index (χ0) is 37.1. The lowest BCUT2D eigenvalue weighted by Gasteiger charge is -2.22. The maximum absolute atomic E-state index is 5.54. The summed E-state index contributed by atoms with van der Waals surface area (Å²) in [5, 5.41) is 10.5. The Bertz CT molecular complexity index is 3440. The van der Waals surface area contributed by atoms with Crippen molar-refractivity contribution in [3.05, 3.63) is 187 Å². The Morgan fingerprint density at radius 1 is 0.429 bits per heavy atom. The highest BCUT2D eigenvalue weighted by Gasteiger charge is 2.35. The van der Waals surface area contributed by atoms with Crippen LogP contribution >= 0.6 is 0 Å². The number of rotatable bonds is 3. The summed E-state index contributed by atoms with van der Waals surface area (Å²) in [5.41, 5.74) is 12.9. The molecule has 0 aliphatic heterocycles. The Labute approximate surface area is 324 Å². The van der Waals surface area contributed by atoms with Gasteiger partial charge in [-0.25, -0.2) is 9.97 Å². The van der Waals surface area contributed by atoms with E-state index in [9.17, 15) is 0 Å². The summed E-state index contributed by atoms with van der Waals surface area (Å²) in [6.45, 7) is 4.73. The Morgan fingerprint density at radius 3 is 1.93 bits per heavy atom. The topological polar surface area (TPSA) is 30.7 Å². The molecule has 0 unspecified atom stereocenters. The molecule has 0 saturated carbocycles. The van der Waals surface area contributed by atoms with Gasteiger partial charge in [0.05, 0.1) is 22.2 Å². The van der Waals surface area contributed by atoms with E-state index in [2.05, 4.69) is 194 Å². The summed E-state index contributed by atoms with van der Waals surface area (Å²) in [5.74, 6) is 0.662.